The van der Waals surface area contributed by atoms with Crippen molar-refractivity contribution in [3.8, 4) is 12.0 Å². The SMILES string of the molecule is N#Cc1ccc(Nc2nc(N)nc(-n3cccn3)n2)cc1. The molecule has 21 heavy (non-hydrogen) atoms. The monoisotopic (exact) mass is 278 g/mol. The van der Waals surface area contributed by atoms with Crippen LogP contribution in [0.4, 0.5) is 17.6 Å². The second-order valence-electron chi connectivity index (χ2n) is 4.08. The molecule has 0 aliphatic carbocycles. The van der Waals surface area contributed by atoms with Crippen LogP contribution in [-0.2, 0) is 0 Å². The lowest BCUT2D eigenvalue weighted by atomic mass is 10.2. The Labute approximate surface area is 119 Å². The van der Waals surface area contributed by atoms with Gasteiger partial charge in [0, 0.05) is 18.1 Å². The minimum atomic E-state index is 0.0895. The molecule has 0 fully saturated rings. The molecule has 102 valence electrons. The molecule has 0 saturated carbocycles. The number of nitrogens with one attached hydrogen (secondary N) is 1. The van der Waals surface area contributed by atoms with E-state index in [1.807, 2.05) is 0 Å². The molecule has 0 amide bonds. The summed E-state index contributed by atoms with van der Waals surface area (Å²) in [5.41, 5.74) is 7.00. The molecule has 0 unspecified atom stereocenters. The van der Waals surface area contributed by atoms with Gasteiger partial charge in [0.1, 0.15) is 0 Å². The number of nitrogens with zero attached hydrogens (tertiary/aromatic N) is 6. The zero-order chi connectivity index (χ0) is 14.7. The first-order valence-electron chi connectivity index (χ1n) is 6.03. The number of benzene rings is 1. The minimum absolute atomic E-state index is 0.0895. The smallest absolute Gasteiger partial charge is 0.257 e. The van der Waals surface area contributed by atoms with E-state index in [2.05, 4.69) is 31.4 Å². The van der Waals surface area contributed by atoms with E-state index in [1.54, 1.807) is 42.7 Å². The van der Waals surface area contributed by atoms with Crippen LogP contribution in [0.25, 0.3) is 5.95 Å². The Morgan fingerprint density at radius 2 is 1.95 bits per heavy atom. The van der Waals surface area contributed by atoms with Crippen LogP contribution in [0, 0.1) is 11.3 Å². The topological polar surface area (TPSA) is 118 Å². The first-order chi connectivity index (χ1) is 10.2. The Bertz CT molecular complexity index is 786. The summed E-state index contributed by atoms with van der Waals surface area (Å²) in [5.74, 6) is 0.716. The average Bonchev–Trinajstić information content (AvgIpc) is 3.02. The van der Waals surface area contributed by atoms with Crippen LogP contribution in [0.5, 0.6) is 0 Å². The number of hydrogen-bond acceptors (Lipinski definition) is 7. The third-order valence-corrected chi connectivity index (χ3v) is 2.62. The van der Waals surface area contributed by atoms with Crippen LogP contribution in [0.1, 0.15) is 5.56 Å². The standard InChI is InChI=1S/C13H10N8/c14-8-9-2-4-10(5-3-9)17-12-18-11(15)19-13(20-12)21-7-1-6-16-21/h1-7H,(H3,15,17,18,19,20). The van der Waals surface area contributed by atoms with Crippen molar-refractivity contribution in [2.45, 2.75) is 0 Å². The highest BCUT2D eigenvalue weighted by atomic mass is 15.4. The van der Waals surface area contributed by atoms with Gasteiger partial charge >= 0.3 is 0 Å². The van der Waals surface area contributed by atoms with Gasteiger partial charge in [-0.15, -0.1) is 0 Å². The van der Waals surface area contributed by atoms with Crippen LogP contribution in [0.2, 0.25) is 0 Å². The molecule has 1 aromatic carbocycles. The highest BCUT2D eigenvalue weighted by Gasteiger charge is 2.07. The van der Waals surface area contributed by atoms with Gasteiger partial charge in [-0.05, 0) is 30.3 Å². The lowest BCUT2D eigenvalue weighted by molar-refractivity contribution is 0.801. The lowest BCUT2D eigenvalue weighted by Gasteiger charge is -2.07. The van der Waals surface area contributed by atoms with Crippen molar-refractivity contribution in [2.24, 2.45) is 0 Å². The summed E-state index contributed by atoms with van der Waals surface area (Å²) in [7, 11) is 0. The number of anilines is 3. The summed E-state index contributed by atoms with van der Waals surface area (Å²) in [6, 6.07) is 10.7. The van der Waals surface area contributed by atoms with E-state index in [0.717, 1.165) is 5.69 Å². The Morgan fingerprint density at radius 3 is 2.62 bits per heavy atom. The maximum Gasteiger partial charge on any atom is 0.257 e. The molecule has 0 radical (unpaired) electrons. The number of hydrogen-bond donors (Lipinski definition) is 2. The number of nitrogens with two attached hydrogens (primary N) is 1. The average molecular weight is 278 g/mol. The van der Waals surface area contributed by atoms with Gasteiger partial charge in [0.2, 0.25) is 11.9 Å². The molecule has 0 aliphatic heterocycles. The van der Waals surface area contributed by atoms with Gasteiger partial charge in [-0.3, -0.25) is 0 Å². The van der Waals surface area contributed by atoms with Gasteiger partial charge in [0.15, 0.2) is 0 Å². The van der Waals surface area contributed by atoms with Crippen molar-refractivity contribution < 1.29 is 0 Å². The van der Waals surface area contributed by atoms with Crippen molar-refractivity contribution in [1.82, 2.24) is 24.7 Å². The van der Waals surface area contributed by atoms with Crippen molar-refractivity contribution in [3.63, 3.8) is 0 Å². The van der Waals surface area contributed by atoms with Gasteiger partial charge < -0.3 is 11.1 Å². The summed E-state index contributed by atoms with van der Waals surface area (Å²) in [6.45, 7) is 0. The van der Waals surface area contributed by atoms with E-state index in [9.17, 15) is 0 Å². The van der Waals surface area contributed by atoms with E-state index in [1.165, 1.54) is 4.68 Å². The fraction of sp³-hybridized carbons (Fsp3) is 0. The van der Waals surface area contributed by atoms with Gasteiger partial charge in [-0.1, -0.05) is 0 Å². The fourth-order valence-electron chi connectivity index (χ4n) is 1.68. The fourth-order valence-corrected chi connectivity index (χ4v) is 1.68. The lowest BCUT2D eigenvalue weighted by Crippen LogP contribution is -2.09. The Kier molecular flexibility index (Phi) is 3.15. The highest BCUT2D eigenvalue weighted by Crippen LogP contribution is 2.15. The quantitative estimate of drug-likeness (QED) is 0.740. The molecule has 0 aliphatic rings. The summed E-state index contributed by atoms with van der Waals surface area (Å²) in [4.78, 5) is 12.3. The second kappa shape index (κ2) is 5.26. The summed E-state index contributed by atoms with van der Waals surface area (Å²) in [6.07, 6.45) is 3.33. The molecule has 0 atom stereocenters. The van der Waals surface area contributed by atoms with E-state index in [4.69, 9.17) is 11.0 Å². The molecular weight excluding hydrogens is 268 g/mol. The van der Waals surface area contributed by atoms with Gasteiger partial charge in [0.05, 0.1) is 11.6 Å². The van der Waals surface area contributed by atoms with Gasteiger partial charge in [-0.25, -0.2) is 4.68 Å². The maximum atomic E-state index is 8.77. The third kappa shape index (κ3) is 2.76. The molecule has 0 saturated heterocycles. The molecule has 8 nitrogen and oxygen atoms in total. The van der Waals surface area contributed by atoms with E-state index in [-0.39, 0.29) is 5.95 Å². The number of rotatable bonds is 3. The molecular formula is C13H10N8. The van der Waals surface area contributed by atoms with Crippen LogP contribution in [-0.4, -0.2) is 24.7 Å². The maximum absolute atomic E-state index is 8.77. The predicted molar refractivity (Wildman–Crippen MR) is 75.8 cm³/mol. The Morgan fingerprint density at radius 1 is 1.14 bits per heavy atom. The predicted octanol–water partition coefficient (Wildman–Crippen LogP) is 1.25. The third-order valence-electron chi connectivity index (χ3n) is 2.62. The Hall–Kier alpha value is -3.47. The molecule has 8 heteroatoms. The Balaban J connectivity index is 1.90. The van der Waals surface area contributed by atoms with Crippen molar-refractivity contribution in [1.29, 1.82) is 5.26 Å². The zero-order valence-electron chi connectivity index (χ0n) is 10.8. The summed E-state index contributed by atoms with van der Waals surface area (Å²) >= 11 is 0. The normalized spacial score (nSPS) is 10.0. The van der Waals surface area contributed by atoms with E-state index in [0.29, 0.717) is 17.5 Å². The molecule has 3 N–H and O–H groups in total. The largest absolute Gasteiger partial charge is 0.368 e. The molecule has 2 heterocycles. The first-order valence-corrected chi connectivity index (χ1v) is 6.03. The van der Waals surface area contributed by atoms with E-state index < -0.39 is 0 Å². The summed E-state index contributed by atoms with van der Waals surface area (Å²) in [5, 5.41) is 15.8. The van der Waals surface area contributed by atoms with E-state index >= 15 is 0 Å². The number of nitrogen functional groups attached to an aromatic ring is 1. The van der Waals surface area contributed by atoms with Crippen molar-refractivity contribution >= 4 is 17.6 Å². The summed E-state index contributed by atoms with van der Waals surface area (Å²) < 4.78 is 1.49. The molecule has 0 spiro atoms. The van der Waals surface area contributed by atoms with Gasteiger partial charge in [0.25, 0.3) is 5.95 Å². The van der Waals surface area contributed by atoms with Gasteiger partial charge in [-0.2, -0.15) is 25.3 Å². The van der Waals surface area contributed by atoms with Crippen LogP contribution >= 0.6 is 0 Å². The molecule has 0 bridgehead atoms. The van der Waals surface area contributed by atoms with Crippen LogP contribution < -0.4 is 11.1 Å². The van der Waals surface area contributed by atoms with Crippen molar-refractivity contribution in [2.75, 3.05) is 11.1 Å². The zero-order valence-corrected chi connectivity index (χ0v) is 10.8. The molecule has 3 aromatic rings. The molecule has 2 aromatic heterocycles. The number of aromatic nitrogens is 5. The first kappa shape index (κ1) is 12.6. The highest BCUT2D eigenvalue weighted by molar-refractivity contribution is 5.55. The van der Waals surface area contributed by atoms with Crippen LogP contribution in [0.15, 0.2) is 42.7 Å². The van der Waals surface area contributed by atoms with Crippen molar-refractivity contribution in [3.05, 3.63) is 48.3 Å². The minimum Gasteiger partial charge on any atom is -0.368 e. The second-order valence-corrected chi connectivity index (χ2v) is 4.08. The number of nitriles is 1. The molecule has 3 rings (SSSR count). The van der Waals surface area contributed by atoms with Crippen LogP contribution in [0.3, 0.4) is 0 Å².